The molecule has 1 N–H and O–H groups in total. The molecule has 0 spiro atoms. The molecule has 0 aliphatic carbocycles. The third-order valence-corrected chi connectivity index (χ3v) is 2.81. The van der Waals surface area contributed by atoms with Crippen molar-refractivity contribution < 1.29 is 9.90 Å². The lowest BCUT2D eigenvalue weighted by atomic mass is 10.1. The van der Waals surface area contributed by atoms with Crippen LogP contribution in [0.5, 0.6) is 0 Å². The largest absolute Gasteiger partial charge is 0.478 e. The third kappa shape index (κ3) is 1.84. The summed E-state index contributed by atoms with van der Waals surface area (Å²) in [4.78, 5) is 12.9. The van der Waals surface area contributed by atoms with Crippen LogP contribution in [-0.4, -0.2) is 24.2 Å². The molecular formula is C12H12N2O2. The summed E-state index contributed by atoms with van der Waals surface area (Å²) < 4.78 is 0. The second-order valence-electron chi connectivity index (χ2n) is 3.79. The van der Waals surface area contributed by atoms with E-state index < -0.39 is 5.97 Å². The first-order chi connectivity index (χ1) is 7.72. The van der Waals surface area contributed by atoms with Crippen molar-refractivity contribution in [3.63, 3.8) is 0 Å². The highest BCUT2D eigenvalue weighted by atomic mass is 16.4. The quantitative estimate of drug-likeness (QED) is 0.834. The van der Waals surface area contributed by atoms with Gasteiger partial charge in [0.25, 0.3) is 0 Å². The standard InChI is InChI=1S/C12H12N2O2/c13-5-1-6-14-7-4-9-8-10(12(15)16)2-3-11(9)14/h2-3,8H,1,4,6-7H2,(H,15,16). The van der Waals surface area contributed by atoms with Crippen LogP contribution in [0, 0.1) is 11.3 Å². The summed E-state index contributed by atoms with van der Waals surface area (Å²) in [5, 5.41) is 17.4. The van der Waals surface area contributed by atoms with E-state index in [9.17, 15) is 4.79 Å². The number of rotatable bonds is 3. The predicted octanol–water partition coefficient (Wildman–Crippen LogP) is 1.66. The van der Waals surface area contributed by atoms with Gasteiger partial charge in [-0.1, -0.05) is 0 Å². The van der Waals surface area contributed by atoms with Crippen molar-refractivity contribution in [3.8, 4) is 6.07 Å². The molecule has 0 amide bonds. The van der Waals surface area contributed by atoms with Gasteiger partial charge in [0.05, 0.1) is 18.1 Å². The first-order valence-electron chi connectivity index (χ1n) is 5.20. The highest BCUT2D eigenvalue weighted by Crippen LogP contribution is 2.28. The van der Waals surface area contributed by atoms with Crippen LogP contribution in [0.15, 0.2) is 18.2 Å². The molecule has 2 rings (SSSR count). The monoisotopic (exact) mass is 216 g/mol. The highest BCUT2D eigenvalue weighted by Gasteiger charge is 2.19. The minimum Gasteiger partial charge on any atom is -0.478 e. The van der Waals surface area contributed by atoms with E-state index in [1.807, 2.05) is 6.07 Å². The number of aromatic carboxylic acids is 1. The van der Waals surface area contributed by atoms with Crippen molar-refractivity contribution in [2.45, 2.75) is 12.8 Å². The van der Waals surface area contributed by atoms with Crippen molar-refractivity contribution in [1.29, 1.82) is 5.26 Å². The van der Waals surface area contributed by atoms with E-state index in [2.05, 4.69) is 11.0 Å². The lowest BCUT2D eigenvalue weighted by Crippen LogP contribution is -2.21. The maximum atomic E-state index is 10.8. The van der Waals surface area contributed by atoms with Gasteiger partial charge in [-0.3, -0.25) is 0 Å². The molecular weight excluding hydrogens is 204 g/mol. The summed E-state index contributed by atoms with van der Waals surface area (Å²) in [5.74, 6) is -0.890. The summed E-state index contributed by atoms with van der Waals surface area (Å²) in [6, 6.07) is 7.30. The highest BCUT2D eigenvalue weighted by molar-refractivity contribution is 5.88. The Labute approximate surface area is 93.7 Å². The molecule has 1 aliphatic heterocycles. The van der Waals surface area contributed by atoms with Gasteiger partial charge in [0.15, 0.2) is 0 Å². The fourth-order valence-electron chi connectivity index (χ4n) is 2.02. The molecule has 16 heavy (non-hydrogen) atoms. The number of benzene rings is 1. The third-order valence-electron chi connectivity index (χ3n) is 2.81. The van der Waals surface area contributed by atoms with Crippen molar-refractivity contribution in [1.82, 2.24) is 0 Å². The van der Waals surface area contributed by atoms with Gasteiger partial charge in [-0.05, 0) is 30.2 Å². The van der Waals surface area contributed by atoms with Crippen molar-refractivity contribution >= 4 is 11.7 Å². The Kier molecular flexibility index (Phi) is 2.78. The molecule has 0 atom stereocenters. The van der Waals surface area contributed by atoms with Gasteiger partial charge >= 0.3 is 5.97 Å². The van der Waals surface area contributed by atoms with Crippen molar-refractivity contribution in [2.24, 2.45) is 0 Å². The van der Waals surface area contributed by atoms with Crippen molar-refractivity contribution in [2.75, 3.05) is 18.0 Å². The Hall–Kier alpha value is -2.02. The maximum absolute atomic E-state index is 10.8. The van der Waals surface area contributed by atoms with Gasteiger partial charge in [-0.25, -0.2) is 4.79 Å². The van der Waals surface area contributed by atoms with Crippen LogP contribution in [0.2, 0.25) is 0 Å². The van der Waals surface area contributed by atoms with Gasteiger partial charge in [-0.15, -0.1) is 0 Å². The van der Waals surface area contributed by atoms with E-state index in [0.29, 0.717) is 12.0 Å². The molecule has 1 aromatic rings. The average molecular weight is 216 g/mol. The number of carboxylic acids is 1. The van der Waals surface area contributed by atoms with Gasteiger partial charge in [0, 0.05) is 18.8 Å². The van der Waals surface area contributed by atoms with E-state index in [1.165, 1.54) is 0 Å². The van der Waals surface area contributed by atoms with Crippen LogP contribution in [0.25, 0.3) is 0 Å². The zero-order valence-electron chi connectivity index (χ0n) is 8.81. The van der Waals surface area contributed by atoms with Gasteiger partial charge in [0.2, 0.25) is 0 Å². The average Bonchev–Trinajstić information content (AvgIpc) is 2.68. The Balaban J connectivity index is 2.22. The Bertz CT molecular complexity index is 463. The predicted molar refractivity (Wildman–Crippen MR) is 59.5 cm³/mol. The Morgan fingerprint density at radius 1 is 1.56 bits per heavy atom. The Morgan fingerprint density at radius 2 is 2.38 bits per heavy atom. The number of fused-ring (bicyclic) bond motifs is 1. The van der Waals surface area contributed by atoms with Crippen LogP contribution in [-0.2, 0) is 6.42 Å². The number of carbonyl (C=O) groups is 1. The zero-order chi connectivity index (χ0) is 11.5. The second kappa shape index (κ2) is 4.23. The molecule has 1 aliphatic rings. The summed E-state index contributed by atoms with van der Waals surface area (Å²) in [6.07, 6.45) is 1.36. The van der Waals surface area contributed by atoms with Crippen LogP contribution in [0.3, 0.4) is 0 Å². The molecule has 0 aromatic heterocycles. The lowest BCUT2D eigenvalue weighted by Gasteiger charge is -2.17. The molecule has 0 fully saturated rings. The molecule has 4 heteroatoms. The minimum atomic E-state index is -0.890. The molecule has 4 nitrogen and oxygen atoms in total. The molecule has 0 bridgehead atoms. The molecule has 1 heterocycles. The van der Waals surface area contributed by atoms with Gasteiger partial charge in [0.1, 0.15) is 0 Å². The van der Waals surface area contributed by atoms with E-state index >= 15 is 0 Å². The zero-order valence-corrected chi connectivity index (χ0v) is 8.81. The van der Waals surface area contributed by atoms with E-state index in [-0.39, 0.29) is 0 Å². The summed E-state index contributed by atoms with van der Waals surface area (Å²) in [6.45, 7) is 1.59. The molecule has 0 radical (unpaired) electrons. The summed E-state index contributed by atoms with van der Waals surface area (Å²) >= 11 is 0. The molecule has 0 unspecified atom stereocenters. The van der Waals surface area contributed by atoms with Gasteiger partial charge in [-0.2, -0.15) is 5.26 Å². The van der Waals surface area contributed by atoms with E-state index in [1.54, 1.807) is 12.1 Å². The molecule has 82 valence electrons. The number of anilines is 1. The van der Waals surface area contributed by atoms with E-state index in [0.717, 1.165) is 30.8 Å². The number of carboxylic acid groups (broad SMARTS) is 1. The normalized spacial score (nSPS) is 13.3. The number of nitrogens with zero attached hydrogens (tertiary/aromatic N) is 2. The minimum absolute atomic E-state index is 0.334. The first-order valence-corrected chi connectivity index (χ1v) is 5.20. The fraction of sp³-hybridized carbons (Fsp3) is 0.333. The van der Waals surface area contributed by atoms with Crippen LogP contribution >= 0.6 is 0 Å². The second-order valence-corrected chi connectivity index (χ2v) is 3.79. The van der Waals surface area contributed by atoms with Crippen LogP contribution < -0.4 is 4.90 Å². The number of hydrogen-bond acceptors (Lipinski definition) is 3. The van der Waals surface area contributed by atoms with Crippen molar-refractivity contribution in [3.05, 3.63) is 29.3 Å². The fourth-order valence-corrected chi connectivity index (χ4v) is 2.02. The van der Waals surface area contributed by atoms with E-state index in [4.69, 9.17) is 10.4 Å². The SMILES string of the molecule is N#CCCN1CCc2cc(C(=O)O)ccc21. The van der Waals surface area contributed by atoms with Crippen LogP contribution in [0.4, 0.5) is 5.69 Å². The number of hydrogen-bond donors (Lipinski definition) is 1. The topological polar surface area (TPSA) is 64.3 Å². The maximum Gasteiger partial charge on any atom is 0.335 e. The first kappa shape index (κ1) is 10.5. The summed E-state index contributed by atoms with van der Waals surface area (Å²) in [7, 11) is 0. The Morgan fingerprint density at radius 3 is 3.06 bits per heavy atom. The molecule has 0 saturated carbocycles. The smallest absolute Gasteiger partial charge is 0.335 e. The van der Waals surface area contributed by atoms with Crippen LogP contribution in [0.1, 0.15) is 22.3 Å². The molecule has 0 saturated heterocycles. The molecule has 1 aromatic carbocycles. The lowest BCUT2D eigenvalue weighted by molar-refractivity contribution is 0.0697. The summed E-state index contributed by atoms with van der Waals surface area (Å²) in [5.41, 5.74) is 2.47. The number of nitriles is 1. The van der Waals surface area contributed by atoms with Gasteiger partial charge < -0.3 is 10.0 Å².